The lowest BCUT2D eigenvalue weighted by molar-refractivity contribution is -0.128. The van der Waals surface area contributed by atoms with E-state index >= 15 is 0 Å². The highest BCUT2D eigenvalue weighted by Gasteiger charge is 2.22. The Labute approximate surface area is 139 Å². The van der Waals surface area contributed by atoms with Gasteiger partial charge in [0.15, 0.2) is 0 Å². The molecule has 1 aliphatic heterocycles. The van der Waals surface area contributed by atoms with Crippen LogP contribution in [0.25, 0.3) is 0 Å². The van der Waals surface area contributed by atoms with Crippen LogP contribution in [0.15, 0.2) is 40.5 Å². The molecule has 0 unspecified atom stereocenters. The molecule has 1 aromatic rings. The highest BCUT2D eigenvalue weighted by atomic mass is 79.9. The average molecular weight is 362 g/mol. The molecule has 5 heteroatoms. The smallest absolute Gasteiger partial charge is 0.265 e. The topological polar surface area (TPSA) is 56.1 Å². The fourth-order valence-corrected chi connectivity index (χ4v) is 2.89. The summed E-state index contributed by atoms with van der Waals surface area (Å²) in [5.41, 5.74) is 1.26. The van der Waals surface area contributed by atoms with Crippen LogP contribution in [0.2, 0.25) is 0 Å². The van der Waals surface area contributed by atoms with Gasteiger partial charge in [0.2, 0.25) is 0 Å². The molecule has 0 saturated carbocycles. The molecule has 1 aromatic carbocycles. The molecule has 1 N–H and O–H groups in total. The third-order valence-electron chi connectivity index (χ3n) is 3.86. The van der Waals surface area contributed by atoms with Gasteiger partial charge in [0, 0.05) is 30.3 Å². The minimum atomic E-state index is -0.170. The van der Waals surface area contributed by atoms with Crippen LogP contribution in [0.4, 0.5) is 0 Å². The Morgan fingerprint density at radius 1 is 1.50 bits per heavy atom. The standard InChI is InChI=1S/C17H20BrN3O/c1-13-5-7-21(8-6-13)17(22)15(10-19)12-20-11-14-3-2-4-16(18)9-14/h2-4,9,12-13,20H,5-8,11H2,1H3/b15-12-. The first-order valence-corrected chi connectivity index (χ1v) is 8.27. The van der Waals surface area contributed by atoms with Crippen LogP contribution in [0.3, 0.4) is 0 Å². The number of carbonyl (C=O) groups excluding carboxylic acids is 1. The summed E-state index contributed by atoms with van der Waals surface area (Å²) in [5, 5.41) is 12.3. The van der Waals surface area contributed by atoms with E-state index in [1.165, 1.54) is 6.20 Å². The van der Waals surface area contributed by atoms with E-state index in [2.05, 4.69) is 28.2 Å². The van der Waals surface area contributed by atoms with Crippen molar-refractivity contribution in [1.29, 1.82) is 5.26 Å². The maximum Gasteiger partial charge on any atom is 0.265 e. The number of piperidine rings is 1. The molecule has 0 atom stereocenters. The third kappa shape index (κ3) is 4.60. The van der Waals surface area contributed by atoms with Crippen molar-refractivity contribution in [2.24, 2.45) is 5.92 Å². The van der Waals surface area contributed by atoms with Gasteiger partial charge in [-0.15, -0.1) is 0 Å². The van der Waals surface area contributed by atoms with E-state index in [1.807, 2.05) is 30.3 Å². The molecule has 1 fully saturated rings. The van der Waals surface area contributed by atoms with Crippen molar-refractivity contribution in [2.75, 3.05) is 13.1 Å². The zero-order chi connectivity index (χ0) is 15.9. The zero-order valence-electron chi connectivity index (χ0n) is 12.7. The number of halogens is 1. The number of rotatable bonds is 4. The number of nitriles is 1. The Hall–Kier alpha value is -1.80. The Balaban J connectivity index is 1.93. The molecule has 0 aromatic heterocycles. The Morgan fingerprint density at radius 2 is 2.23 bits per heavy atom. The molecule has 1 amide bonds. The van der Waals surface area contributed by atoms with Crippen LogP contribution in [-0.2, 0) is 11.3 Å². The lowest BCUT2D eigenvalue weighted by atomic mass is 9.99. The first-order valence-electron chi connectivity index (χ1n) is 7.47. The summed E-state index contributed by atoms with van der Waals surface area (Å²) in [5.74, 6) is 0.490. The molecule has 0 aliphatic carbocycles. The van der Waals surface area contributed by atoms with Gasteiger partial charge in [0.1, 0.15) is 11.6 Å². The molecular formula is C17H20BrN3O. The van der Waals surface area contributed by atoms with Crippen molar-refractivity contribution >= 4 is 21.8 Å². The number of benzene rings is 1. The normalized spacial score (nSPS) is 16.2. The quantitative estimate of drug-likeness (QED) is 0.661. The molecule has 4 nitrogen and oxygen atoms in total. The number of likely N-dealkylation sites (tertiary alicyclic amines) is 1. The van der Waals surface area contributed by atoms with Crippen molar-refractivity contribution in [3.63, 3.8) is 0 Å². The maximum atomic E-state index is 12.3. The number of amides is 1. The SMILES string of the molecule is CC1CCN(C(=O)/C(C#N)=C\NCc2cccc(Br)c2)CC1. The molecule has 0 spiro atoms. The van der Waals surface area contributed by atoms with Gasteiger partial charge in [-0.25, -0.2) is 0 Å². The van der Waals surface area contributed by atoms with Crippen LogP contribution >= 0.6 is 15.9 Å². The second-order valence-corrected chi connectivity index (χ2v) is 6.57. The molecule has 22 heavy (non-hydrogen) atoms. The van der Waals surface area contributed by atoms with Gasteiger partial charge < -0.3 is 10.2 Å². The molecular weight excluding hydrogens is 342 g/mol. The zero-order valence-corrected chi connectivity index (χ0v) is 14.3. The van der Waals surface area contributed by atoms with Crippen LogP contribution in [0.1, 0.15) is 25.3 Å². The number of nitrogens with zero attached hydrogens (tertiary/aromatic N) is 2. The predicted molar refractivity (Wildman–Crippen MR) is 89.7 cm³/mol. The Morgan fingerprint density at radius 3 is 2.86 bits per heavy atom. The largest absolute Gasteiger partial charge is 0.386 e. The summed E-state index contributed by atoms with van der Waals surface area (Å²) in [6.45, 7) is 4.26. The molecule has 2 rings (SSSR count). The van der Waals surface area contributed by atoms with Crippen LogP contribution in [0, 0.1) is 17.2 Å². The molecule has 0 bridgehead atoms. The third-order valence-corrected chi connectivity index (χ3v) is 4.36. The summed E-state index contributed by atoms with van der Waals surface area (Å²) in [6, 6.07) is 9.91. The molecule has 1 aliphatic rings. The lowest BCUT2D eigenvalue weighted by Crippen LogP contribution is -2.38. The van der Waals surface area contributed by atoms with Gasteiger partial charge in [-0.1, -0.05) is 35.0 Å². The molecule has 1 saturated heterocycles. The van der Waals surface area contributed by atoms with Crippen molar-refractivity contribution in [2.45, 2.75) is 26.3 Å². The van der Waals surface area contributed by atoms with E-state index in [0.717, 1.165) is 36.0 Å². The van der Waals surface area contributed by atoms with Crippen molar-refractivity contribution < 1.29 is 4.79 Å². The minimum absolute atomic E-state index is 0.170. The van der Waals surface area contributed by atoms with Crippen LogP contribution in [-0.4, -0.2) is 23.9 Å². The molecule has 116 valence electrons. The fraction of sp³-hybridized carbons (Fsp3) is 0.412. The summed E-state index contributed by atoms with van der Waals surface area (Å²) in [7, 11) is 0. The maximum absolute atomic E-state index is 12.3. The Kier molecular flexibility index (Phi) is 6.02. The van der Waals surface area contributed by atoms with E-state index in [9.17, 15) is 10.1 Å². The van der Waals surface area contributed by atoms with E-state index in [1.54, 1.807) is 4.90 Å². The van der Waals surface area contributed by atoms with Crippen molar-refractivity contribution in [1.82, 2.24) is 10.2 Å². The number of nitrogens with one attached hydrogen (secondary N) is 1. The molecule has 1 heterocycles. The number of hydrogen-bond donors (Lipinski definition) is 1. The van der Waals surface area contributed by atoms with Gasteiger partial charge in [0.25, 0.3) is 5.91 Å². The monoisotopic (exact) mass is 361 g/mol. The highest BCUT2D eigenvalue weighted by molar-refractivity contribution is 9.10. The summed E-state index contributed by atoms with van der Waals surface area (Å²) in [6.07, 6.45) is 3.55. The van der Waals surface area contributed by atoms with Crippen LogP contribution < -0.4 is 5.32 Å². The fourth-order valence-electron chi connectivity index (χ4n) is 2.44. The number of hydrogen-bond acceptors (Lipinski definition) is 3. The van der Waals surface area contributed by atoms with Crippen molar-refractivity contribution in [3.05, 3.63) is 46.1 Å². The van der Waals surface area contributed by atoms with Gasteiger partial charge in [-0.05, 0) is 36.5 Å². The van der Waals surface area contributed by atoms with Crippen LogP contribution in [0.5, 0.6) is 0 Å². The van der Waals surface area contributed by atoms with Gasteiger partial charge >= 0.3 is 0 Å². The van der Waals surface area contributed by atoms with E-state index in [-0.39, 0.29) is 11.5 Å². The average Bonchev–Trinajstić information content (AvgIpc) is 2.52. The highest BCUT2D eigenvalue weighted by Crippen LogP contribution is 2.17. The second kappa shape index (κ2) is 8.00. The first kappa shape index (κ1) is 16.6. The van der Waals surface area contributed by atoms with Crippen molar-refractivity contribution in [3.8, 4) is 6.07 Å². The van der Waals surface area contributed by atoms with E-state index in [0.29, 0.717) is 12.5 Å². The molecule has 0 radical (unpaired) electrons. The second-order valence-electron chi connectivity index (χ2n) is 5.66. The summed E-state index contributed by atoms with van der Waals surface area (Å²) < 4.78 is 1.01. The lowest BCUT2D eigenvalue weighted by Gasteiger charge is -2.30. The summed E-state index contributed by atoms with van der Waals surface area (Å²) in [4.78, 5) is 14.1. The number of carbonyl (C=O) groups is 1. The summed E-state index contributed by atoms with van der Waals surface area (Å²) >= 11 is 3.42. The van der Waals surface area contributed by atoms with Gasteiger partial charge in [-0.3, -0.25) is 4.79 Å². The van der Waals surface area contributed by atoms with E-state index < -0.39 is 0 Å². The van der Waals surface area contributed by atoms with Gasteiger partial charge in [-0.2, -0.15) is 5.26 Å². The first-order chi connectivity index (χ1) is 10.6. The van der Waals surface area contributed by atoms with E-state index in [4.69, 9.17) is 0 Å². The van der Waals surface area contributed by atoms with Gasteiger partial charge in [0.05, 0.1) is 0 Å². The Bertz CT molecular complexity index is 598. The minimum Gasteiger partial charge on any atom is -0.386 e. The predicted octanol–water partition coefficient (Wildman–Crippen LogP) is 3.20.